The zero-order valence-electron chi connectivity index (χ0n) is 29.9. The minimum atomic E-state index is 0.839. The lowest BCUT2D eigenvalue weighted by atomic mass is 10.0. The highest BCUT2D eigenvalue weighted by atomic mass is 16.3. The molecule has 0 radical (unpaired) electrons. The number of benzene rings is 9. The molecule has 12 rings (SSSR count). The maximum absolute atomic E-state index is 6.55. The van der Waals surface area contributed by atoms with Gasteiger partial charge in [-0.3, -0.25) is 0 Å². The molecular formula is C50H30N4O2. The summed E-state index contributed by atoms with van der Waals surface area (Å²) in [5.74, 6) is 0. The van der Waals surface area contributed by atoms with Crippen LogP contribution in [-0.4, -0.2) is 15.0 Å². The fraction of sp³-hybridized carbons (Fsp3) is 0. The molecule has 0 aliphatic rings. The van der Waals surface area contributed by atoms with Crippen molar-refractivity contribution in [3.05, 3.63) is 182 Å². The van der Waals surface area contributed by atoms with Crippen LogP contribution in [0.15, 0.2) is 191 Å². The van der Waals surface area contributed by atoms with Crippen LogP contribution in [0.2, 0.25) is 0 Å². The highest BCUT2D eigenvalue weighted by Crippen LogP contribution is 2.43. The fourth-order valence-electron chi connectivity index (χ4n) is 8.36. The summed E-state index contributed by atoms with van der Waals surface area (Å²) in [5, 5.41) is 18.5. The van der Waals surface area contributed by atoms with E-state index in [0.29, 0.717) is 0 Å². The van der Waals surface area contributed by atoms with E-state index in [1.807, 2.05) is 24.3 Å². The molecule has 0 atom stereocenters. The van der Waals surface area contributed by atoms with Crippen LogP contribution in [0.25, 0.3) is 93.3 Å². The van der Waals surface area contributed by atoms with Crippen molar-refractivity contribution >= 4 is 93.5 Å². The summed E-state index contributed by atoms with van der Waals surface area (Å²) in [6, 6.07) is 63.4. The first-order valence-electron chi connectivity index (χ1n) is 18.7. The van der Waals surface area contributed by atoms with Crippen LogP contribution in [0.1, 0.15) is 0 Å². The lowest BCUT2D eigenvalue weighted by molar-refractivity contribution is 0.669. The zero-order valence-corrected chi connectivity index (χ0v) is 29.9. The summed E-state index contributed by atoms with van der Waals surface area (Å²) in [7, 11) is 0. The van der Waals surface area contributed by atoms with Gasteiger partial charge in [-0.1, -0.05) is 97.1 Å². The Morgan fingerprint density at radius 2 is 0.839 bits per heavy atom. The fourth-order valence-corrected chi connectivity index (χ4v) is 8.36. The van der Waals surface area contributed by atoms with E-state index in [0.717, 1.165) is 88.8 Å². The van der Waals surface area contributed by atoms with Gasteiger partial charge >= 0.3 is 0 Å². The Morgan fingerprint density at radius 3 is 1.38 bits per heavy atom. The molecule has 9 aromatic carbocycles. The van der Waals surface area contributed by atoms with E-state index in [2.05, 4.69) is 173 Å². The standard InChI is InChI=1S/C50H30N4O2/c1-3-9-39-33(7-1)17-27-45-49(39)41-25-23-37(29-47(41)55-45)53(38-24-26-42-48(30-38)56-46-28-18-34-8-2-4-10-40(34)50(42)46)35-19-13-31(14-20-35)32-15-21-36(22-16-32)54-51-43-11-5-6-12-44(43)52-54/h1-30H. The van der Waals surface area contributed by atoms with E-state index in [1.54, 1.807) is 4.80 Å². The number of hydrogen-bond acceptors (Lipinski definition) is 5. The van der Waals surface area contributed by atoms with Gasteiger partial charge in [-0.25, -0.2) is 0 Å². The second-order valence-electron chi connectivity index (χ2n) is 14.3. The van der Waals surface area contributed by atoms with Crippen molar-refractivity contribution < 1.29 is 8.83 Å². The predicted molar refractivity (Wildman–Crippen MR) is 229 cm³/mol. The van der Waals surface area contributed by atoms with Crippen molar-refractivity contribution in [1.82, 2.24) is 15.0 Å². The summed E-state index contributed by atoms with van der Waals surface area (Å²) in [4.78, 5) is 3.97. The third-order valence-corrected chi connectivity index (χ3v) is 11.1. The lowest BCUT2D eigenvalue weighted by Gasteiger charge is -2.25. The molecule has 6 nitrogen and oxygen atoms in total. The van der Waals surface area contributed by atoms with E-state index in [4.69, 9.17) is 8.83 Å². The Bertz CT molecular complexity index is 3300. The number of aromatic nitrogens is 3. The molecule has 12 aromatic rings. The van der Waals surface area contributed by atoms with E-state index in [1.165, 1.54) is 21.5 Å². The topological polar surface area (TPSA) is 60.2 Å². The second-order valence-corrected chi connectivity index (χ2v) is 14.3. The van der Waals surface area contributed by atoms with E-state index >= 15 is 0 Å². The van der Waals surface area contributed by atoms with Gasteiger partial charge in [-0.05, 0) is 105 Å². The molecule has 3 aromatic heterocycles. The van der Waals surface area contributed by atoms with Gasteiger partial charge in [0.05, 0.1) is 5.69 Å². The van der Waals surface area contributed by atoms with Gasteiger partial charge in [0, 0.05) is 50.7 Å². The minimum Gasteiger partial charge on any atom is -0.456 e. The van der Waals surface area contributed by atoms with Crippen LogP contribution in [0.5, 0.6) is 0 Å². The maximum Gasteiger partial charge on any atom is 0.137 e. The summed E-state index contributed by atoms with van der Waals surface area (Å²) in [5.41, 5.74) is 11.3. The SMILES string of the molecule is c1ccc2c(c1)ccc1oc3cc(N(c4ccc(-c5ccc(-n6nc7ccccc7n6)cc5)cc4)c4ccc5c(c4)oc4ccc6ccccc6c45)ccc3c12. The molecule has 0 bridgehead atoms. The largest absolute Gasteiger partial charge is 0.456 e. The zero-order chi connectivity index (χ0) is 36.7. The van der Waals surface area contributed by atoms with Crippen molar-refractivity contribution in [2.45, 2.75) is 0 Å². The third-order valence-electron chi connectivity index (χ3n) is 11.1. The first-order valence-corrected chi connectivity index (χ1v) is 18.7. The predicted octanol–water partition coefficient (Wildman–Crippen LogP) is 13.7. The van der Waals surface area contributed by atoms with Crippen molar-refractivity contribution in [2.75, 3.05) is 4.90 Å². The monoisotopic (exact) mass is 718 g/mol. The summed E-state index contributed by atoms with van der Waals surface area (Å²) >= 11 is 0. The van der Waals surface area contributed by atoms with Crippen molar-refractivity contribution in [2.24, 2.45) is 0 Å². The average Bonchev–Trinajstić information content (AvgIpc) is 3.97. The van der Waals surface area contributed by atoms with Gasteiger partial charge in [0.25, 0.3) is 0 Å². The Morgan fingerprint density at radius 1 is 0.375 bits per heavy atom. The smallest absolute Gasteiger partial charge is 0.137 e. The second kappa shape index (κ2) is 11.9. The van der Waals surface area contributed by atoms with Gasteiger partial charge in [0.15, 0.2) is 0 Å². The number of rotatable bonds is 5. The average molecular weight is 719 g/mol. The highest BCUT2D eigenvalue weighted by molar-refractivity contribution is 6.20. The van der Waals surface area contributed by atoms with Gasteiger partial charge in [-0.2, -0.15) is 4.80 Å². The minimum absolute atomic E-state index is 0.839. The number of furan rings is 2. The molecule has 0 saturated carbocycles. The van der Waals surface area contributed by atoms with Gasteiger partial charge in [0.1, 0.15) is 33.4 Å². The van der Waals surface area contributed by atoms with Crippen molar-refractivity contribution in [3.8, 4) is 16.8 Å². The Labute approximate surface area is 320 Å². The Balaban J connectivity index is 0.976. The summed E-state index contributed by atoms with van der Waals surface area (Å²) in [6.45, 7) is 0. The van der Waals surface area contributed by atoms with E-state index in [9.17, 15) is 0 Å². The molecule has 56 heavy (non-hydrogen) atoms. The van der Waals surface area contributed by atoms with Gasteiger partial charge in [0.2, 0.25) is 0 Å². The first-order chi connectivity index (χ1) is 27.7. The van der Waals surface area contributed by atoms with Crippen molar-refractivity contribution in [1.29, 1.82) is 0 Å². The van der Waals surface area contributed by atoms with Crippen LogP contribution in [0, 0.1) is 0 Å². The molecular weight excluding hydrogens is 689 g/mol. The highest BCUT2D eigenvalue weighted by Gasteiger charge is 2.19. The van der Waals surface area contributed by atoms with Crippen LogP contribution < -0.4 is 4.90 Å². The molecule has 0 aliphatic heterocycles. The molecule has 6 heteroatoms. The number of anilines is 3. The van der Waals surface area contributed by atoms with Crippen LogP contribution in [0.3, 0.4) is 0 Å². The van der Waals surface area contributed by atoms with Gasteiger partial charge < -0.3 is 13.7 Å². The molecule has 0 N–H and O–H groups in total. The summed E-state index contributed by atoms with van der Waals surface area (Å²) < 4.78 is 13.1. The molecule has 0 fully saturated rings. The molecule has 0 aliphatic carbocycles. The number of nitrogens with zero attached hydrogens (tertiary/aromatic N) is 4. The first kappa shape index (κ1) is 30.7. The molecule has 0 spiro atoms. The van der Waals surface area contributed by atoms with Crippen LogP contribution >= 0.6 is 0 Å². The maximum atomic E-state index is 6.55. The number of fused-ring (bicyclic) bond motifs is 11. The molecule has 0 amide bonds. The Hall–Kier alpha value is -7.70. The number of hydrogen-bond donors (Lipinski definition) is 0. The van der Waals surface area contributed by atoms with Crippen LogP contribution in [0.4, 0.5) is 17.1 Å². The van der Waals surface area contributed by atoms with Gasteiger partial charge in [-0.15, -0.1) is 10.2 Å². The molecule has 262 valence electrons. The van der Waals surface area contributed by atoms with E-state index in [-0.39, 0.29) is 0 Å². The third kappa shape index (κ3) is 4.76. The lowest BCUT2D eigenvalue weighted by Crippen LogP contribution is -2.09. The molecule has 0 saturated heterocycles. The van der Waals surface area contributed by atoms with Crippen molar-refractivity contribution in [3.63, 3.8) is 0 Å². The molecule has 0 unspecified atom stereocenters. The quantitative estimate of drug-likeness (QED) is 0.177. The summed E-state index contributed by atoms with van der Waals surface area (Å²) in [6.07, 6.45) is 0. The van der Waals surface area contributed by atoms with E-state index < -0.39 is 0 Å². The Kier molecular flexibility index (Phi) is 6.53. The normalized spacial score (nSPS) is 11.9. The van der Waals surface area contributed by atoms with Crippen LogP contribution in [-0.2, 0) is 0 Å². The molecule has 3 heterocycles.